The Kier molecular flexibility index (Phi) is 4.99. The molecule has 1 aliphatic rings. The van der Waals surface area contributed by atoms with Crippen LogP contribution < -0.4 is 5.56 Å². The topological polar surface area (TPSA) is 38.1 Å². The van der Waals surface area contributed by atoms with E-state index >= 15 is 0 Å². The van der Waals surface area contributed by atoms with Crippen LogP contribution in [-0.2, 0) is 0 Å². The van der Waals surface area contributed by atoms with Crippen molar-refractivity contribution in [2.75, 3.05) is 20.1 Å². The molecule has 6 heteroatoms. The normalized spacial score (nSPS) is 16.3. The lowest BCUT2D eigenvalue weighted by atomic mass is 10.0. The van der Waals surface area contributed by atoms with Gasteiger partial charge in [-0.1, -0.05) is 33.6 Å². The van der Waals surface area contributed by atoms with Gasteiger partial charge in [-0.05, 0) is 65.4 Å². The Balaban J connectivity index is 1.97. The summed E-state index contributed by atoms with van der Waals surface area (Å²) in [6, 6.07) is 6.53. The third-order valence-corrected chi connectivity index (χ3v) is 7.25. The molecule has 3 aromatic rings. The van der Waals surface area contributed by atoms with Crippen LogP contribution >= 0.6 is 27.3 Å². The van der Waals surface area contributed by atoms with Gasteiger partial charge in [0.15, 0.2) is 0 Å². The van der Waals surface area contributed by atoms with Gasteiger partial charge in [-0.2, -0.15) is 0 Å². The zero-order chi connectivity index (χ0) is 19.3. The Hall–Kier alpha value is -1.50. The lowest BCUT2D eigenvalue weighted by molar-refractivity contribution is 0.216. The molecule has 0 atom stereocenters. The van der Waals surface area contributed by atoms with Gasteiger partial charge >= 0.3 is 0 Å². The average Bonchev–Trinajstić information content (AvgIpc) is 2.94. The first kappa shape index (κ1) is 18.8. The van der Waals surface area contributed by atoms with Gasteiger partial charge in [0.05, 0.1) is 5.39 Å². The second-order valence-corrected chi connectivity index (χ2v) is 9.62. The molecule has 1 fully saturated rings. The first-order valence-electron chi connectivity index (χ1n) is 9.34. The summed E-state index contributed by atoms with van der Waals surface area (Å²) in [5, 5.41) is 0.772. The van der Waals surface area contributed by atoms with Crippen LogP contribution in [0.5, 0.6) is 0 Å². The lowest BCUT2D eigenvalue weighted by Crippen LogP contribution is -2.36. The molecule has 0 unspecified atom stereocenters. The molecule has 1 aliphatic heterocycles. The van der Waals surface area contributed by atoms with E-state index in [0.29, 0.717) is 0 Å². The van der Waals surface area contributed by atoms with Crippen LogP contribution in [0.15, 0.2) is 27.5 Å². The van der Waals surface area contributed by atoms with E-state index in [1.165, 1.54) is 5.56 Å². The third-order valence-electron chi connectivity index (χ3n) is 5.55. The summed E-state index contributed by atoms with van der Waals surface area (Å²) in [6.07, 6.45) is 1.99. The number of fused-ring (bicyclic) bond motifs is 1. The molecule has 3 heterocycles. The van der Waals surface area contributed by atoms with Gasteiger partial charge in [0.25, 0.3) is 5.56 Å². The number of halogens is 1. The summed E-state index contributed by atoms with van der Waals surface area (Å²) >= 11 is 5.30. The summed E-state index contributed by atoms with van der Waals surface area (Å²) in [5.74, 6) is 0.832. The zero-order valence-electron chi connectivity index (χ0n) is 16.2. The molecule has 4 rings (SSSR count). The summed E-state index contributed by atoms with van der Waals surface area (Å²) in [4.78, 5) is 22.8. The number of benzene rings is 1. The van der Waals surface area contributed by atoms with Crippen molar-refractivity contribution in [3.8, 4) is 11.1 Å². The van der Waals surface area contributed by atoms with Crippen LogP contribution in [0.25, 0.3) is 21.3 Å². The highest BCUT2D eigenvalue weighted by molar-refractivity contribution is 9.10. The van der Waals surface area contributed by atoms with Gasteiger partial charge in [-0.15, -0.1) is 11.3 Å². The number of piperidine rings is 1. The standard InChI is InChI=1S/C21H24BrN3OS/c1-12-5-6-17(22)16(11-12)18-13(2)27-20-19(18)21(26)25(14(3)23-20)15-7-9-24(4)10-8-15/h5-6,11,15H,7-10H2,1-4H3. The molecular weight excluding hydrogens is 422 g/mol. The van der Waals surface area contributed by atoms with Crippen LogP contribution in [0.1, 0.15) is 35.1 Å². The molecule has 0 radical (unpaired) electrons. The van der Waals surface area contributed by atoms with Crippen molar-refractivity contribution >= 4 is 37.5 Å². The van der Waals surface area contributed by atoms with Crippen LogP contribution in [-0.4, -0.2) is 34.6 Å². The number of aromatic nitrogens is 2. The smallest absolute Gasteiger partial charge is 0.263 e. The minimum atomic E-state index is 0.111. The molecule has 27 heavy (non-hydrogen) atoms. The molecular formula is C21H24BrN3OS. The third kappa shape index (κ3) is 3.28. The molecule has 0 spiro atoms. The fourth-order valence-electron chi connectivity index (χ4n) is 4.11. The Bertz CT molecular complexity index is 1080. The van der Waals surface area contributed by atoms with Crippen molar-refractivity contribution in [2.45, 2.75) is 39.7 Å². The Morgan fingerprint density at radius 3 is 2.59 bits per heavy atom. The lowest BCUT2D eigenvalue weighted by Gasteiger charge is -2.31. The minimum absolute atomic E-state index is 0.111. The monoisotopic (exact) mass is 445 g/mol. The van der Waals surface area contributed by atoms with E-state index in [1.807, 2.05) is 11.5 Å². The molecule has 0 amide bonds. The fourth-order valence-corrected chi connectivity index (χ4v) is 5.63. The van der Waals surface area contributed by atoms with Gasteiger partial charge in [-0.25, -0.2) is 4.98 Å². The summed E-state index contributed by atoms with van der Waals surface area (Å²) in [6.45, 7) is 8.18. The van der Waals surface area contributed by atoms with Crippen LogP contribution in [0.2, 0.25) is 0 Å². The SMILES string of the molecule is Cc1ccc(Br)c(-c2c(C)sc3nc(C)n(C4CCN(C)CC4)c(=O)c23)c1. The van der Waals surface area contributed by atoms with Gasteiger partial charge in [-0.3, -0.25) is 9.36 Å². The summed E-state index contributed by atoms with van der Waals surface area (Å²) in [5.41, 5.74) is 3.41. The van der Waals surface area contributed by atoms with Crippen LogP contribution in [0, 0.1) is 20.8 Å². The highest BCUT2D eigenvalue weighted by Crippen LogP contribution is 2.40. The summed E-state index contributed by atoms with van der Waals surface area (Å²) in [7, 11) is 2.14. The molecule has 0 bridgehead atoms. The predicted octanol–water partition coefficient (Wildman–Crippen LogP) is 5.08. The van der Waals surface area contributed by atoms with Gasteiger partial charge in [0.1, 0.15) is 10.7 Å². The van der Waals surface area contributed by atoms with Crippen molar-refractivity contribution in [3.63, 3.8) is 0 Å². The fraction of sp³-hybridized carbons (Fsp3) is 0.429. The summed E-state index contributed by atoms with van der Waals surface area (Å²) < 4.78 is 2.97. The van der Waals surface area contributed by atoms with E-state index in [4.69, 9.17) is 4.98 Å². The largest absolute Gasteiger partial charge is 0.306 e. The number of hydrogen-bond acceptors (Lipinski definition) is 4. The number of rotatable bonds is 2. The molecule has 1 aromatic carbocycles. The number of aryl methyl sites for hydroxylation is 3. The molecule has 142 valence electrons. The first-order chi connectivity index (χ1) is 12.9. The number of hydrogen-bond donors (Lipinski definition) is 0. The van der Waals surface area contributed by atoms with Crippen molar-refractivity contribution in [1.29, 1.82) is 0 Å². The molecule has 1 saturated heterocycles. The van der Waals surface area contributed by atoms with E-state index < -0.39 is 0 Å². The number of likely N-dealkylation sites (tertiary alicyclic amines) is 1. The minimum Gasteiger partial charge on any atom is -0.306 e. The second-order valence-electron chi connectivity index (χ2n) is 7.57. The van der Waals surface area contributed by atoms with E-state index in [-0.39, 0.29) is 11.6 Å². The van der Waals surface area contributed by atoms with E-state index in [2.05, 4.69) is 59.9 Å². The van der Waals surface area contributed by atoms with E-state index in [0.717, 1.165) is 62.4 Å². The van der Waals surface area contributed by atoms with E-state index in [1.54, 1.807) is 11.3 Å². The molecule has 0 N–H and O–H groups in total. The second kappa shape index (κ2) is 7.15. The Labute approximate surface area is 172 Å². The Morgan fingerprint density at radius 1 is 1.19 bits per heavy atom. The quantitative estimate of drug-likeness (QED) is 0.551. The number of thiophene rings is 1. The highest BCUT2D eigenvalue weighted by atomic mass is 79.9. The zero-order valence-corrected chi connectivity index (χ0v) is 18.6. The van der Waals surface area contributed by atoms with Crippen molar-refractivity contribution < 1.29 is 0 Å². The maximum Gasteiger partial charge on any atom is 0.263 e. The van der Waals surface area contributed by atoms with Crippen LogP contribution in [0.3, 0.4) is 0 Å². The van der Waals surface area contributed by atoms with Gasteiger partial charge < -0.3 is 4.90 Å². The number of nitrogens with zero attached hydrogens (tertiary/aromatic N) is 3. The molecule has 4 nitrogen and oxygen atoms in total. The maximum atomic E-state index is 13.6. The van der Waals surface area contributed by atoms with Gasteiger partial charge in [0.2, 0.25) is 0 Å². The van der Waals surface area contributed by atoms with Gasteiger partial charge in [0, 0.05) is 21.0 Å². The maximum absolute atomic E-state index is 13.6. The first-order valence-corrected chi connectivity index (χ1v) is 10.9. The molecule has 2 aromatic heterocycles. The van der Waals surface area contributed by atoms with Crippen molar-refractivity contribution in [3.05, 3.63) is 49.3 Å². The van der Waals surface area contributed by atoms with Crippen LogP contribution in [0.4, 0.5) is 0 Å². The van der Waals surface area contributed by atoms with Crippen molar-refractivity contribution in [2.24, 2.45) is 0 Å². The predicted molar refractivity (Wildman–Crippen MR) is 117 cm³/mol. The molecule has 0 saturated carbocycles. The highest BCUT2D eigenvalue weighted by Gasteiger charge is 2.25. The average molecular weight is 446 g/mol. The van der Waals surface area contributed by atoms with E-state index in [9.17, 15) is 4.79 Å². The molecule has 0 aliphatic carbocycles. The van der Waals surface area contributed by atoms with Crippen molar-refractivity contribution in [1.82, 2.24) is 14.5 Å². The Morgan fingerprint density at radius 2 is 1.89 bits per heavy atom.